The molecule has 0 aliphatic carbocycles. The van der Waals surface area contributed by atoms with Gasteiger partial charge in [0, 0.05) is 13.5 Å². The van der Waals surface area contributed by atoms with Gasteiger partial charge < -0.3 is 18.9 Å². The highest BCUT2D eigenvalue weighted by Gasteiger charge is 2.39. The summed E-state index contributed by atoms with van der Waals surface area (Å²) in [6.07, 6.45) is 1.43. The Labute approximate surface area is 155 Å². The summed E-state index contributed by atoms with van der Waals surface area (Å²) in [7, 11) is 1.63. The predicted octanol–water partition coefficient (Wildman–Crippen LogP) is 4.10. The lowest BCUT2D eigenvalue weighted by molar-refractivity contribution is -0.272. The van der Waals surface area contributed by atoms with Crippen LogP contribution in [0.15, 0.2) is 73.3 Å². The van der Waals surface area contributed by atoms with Gasteiger partial charge in [-0.2, -0.15) is 0 Å². The summed E-state index contributed by atoms with van der Waals surface area (Å²) >= 11 is 0. The third kappa shape index (κ3) is 5.02. The monoisotopic (exact) mass is 354 g/mol. The van der Waals surface area contributed by atoms with Gasteiger partial charge in [-0.1, -0.05) is 66.7 Å². The third-order valence-corrected chi connectivity index (χ3v) is 4.50. The lowest BCUT2D eigenvalue weighted by atomic mass is 10.0. The van der Waals surface area contributed by atoms with E-state index in [-0.39, 0.29) is 18.3 Å². The SMILES string of the molecule is C=C[C@@H]1C[C@H](OCc2ccccc2)[C@@H](OCc2ccccc2)[C@@H](OC)O1. The van der Waals surface area contributed by atoms with E-state index in [2.05, 4.69) is 18.7 Å². The van der Waals surface area contributed by atoms with Crippen molar-refractivity contribution in [2.24, 2.45) is 0 Å². The first-order chi connectivity index (χ1) is 12.8. The van der Waals surface area contributed by atoms with Gasteiger partial charge in [0.05, 0.1) is 25.4 Å². The highest BCUT2D eigenvalue weighted by molar-refractivity contribution is 5.14. The number of ether oxygens (including phenoxy) is 4. The smallest absolute Gasteiger partial charge is 0.186 e. The van der Waals surface area contributed by atoms with E-state index in [0.717, 1.165) is 11.1 Å². The number of hydrogen-bond acceptors (Lipinski definition) is 4. The quantitative estimate of drug-likeness (QED) is 0.669. The zero-order chi connectivity index (χ0) is 18.2. The van der Waals surface area contributed by atoms with Crippen LogP contribution in [0.5, 0.6) is 0 Å². The summed E-state index contributed by atoms with van der Waals surface area (Å²) in [5, 5.41) is 0. The van der Waals surface area contributed by atoms with Gasteiger partial charge in [0.2, 0.25) is 0 Å². The molecule has 2 aromatic carbocycles. The average Bonchev–Trinajstić information content (AvgIpc) is 2.72. The summed E-state index contributed by atoms with van der Waals surface area (Å²) in [6, 6.07) is 20.2. The summed E-state index contributed by atoms with van der Waals surface area (Å²) in [5.41, 5.74) is 2.24. The summed E-state index contributed by atoms with van der Waals surface area (Å²) in [5.74, 6) is 0. The minimum atomic E-state index is -0.490. The topological polar surface area (TPSA) is 36.9 Å². The maximum Gasteiger partial charge on any atom is 0.186 e. The second-order valence-electron chi connectivity index (χ2n) is 6.35. The van der Waals surface area contributed by atoms with Gasteiger partial charge in [0.15, 0.2) is 6.29 Å². The Bertz CT molecular complexity index is 658. The van der Waals surface area contributed by atoms with Gasteiger partial charge in [-0.3, -0.25) is 0 Å². The van der Waals surface area contributed by atoms with E-state index < -0.39 is 6.29 Å². The minimum absolute atomic E-state index is 0.114. The molecule has 0 bridgehead atoms. The third-order valence-electron chi connectivity index (χ3n) is 4.50. The van der Waals surface area contributed by atoms with Crippen molar-refractivity contribution in [2.45, 2.75) is 44.2 Å². The van der Waals surface area contributed by atoms with Crippen LogP contribution >= 0.6 is 0 Å². The molecule has 0 spiro atoms. The Balaban J connectivity index is 1.68. The second kappa shape index (κ2) is 9.64. The first kappa shape index (κ1) is 18.8. The Morgan fingerprint density at radius 2 is 1.54 bits per heavy atom. The van der Waals surface area contributed by atoms with Gasteiger partial charge in [-0.05, 0) is 11.1 Å². The fourth-order valence-electron chi connectivity index (χ4n) is 3.08. The first-order valence-corrected chi connectivity index (χ1v) is 8.92. The predicted molar refractivity (Wildman–Crippen MR) is 101 cm³/mol. The van der Waals surface area contributed by atoms with Crippen LogP contribution in [0.3, 0.4) is 0 Å². The van der Waals surface area contributed by atoms with Crippen molar-refractivity contribution in [3.63, 3.8) is 0 Å². The van der Waals surface area contributed by atoms with Crippen molar-refractivity contribution in [1.29, 1.82) is 0 Å². The van der Waals surface area contributed by atoms with Crippen LogP contribution in [0.25, 0.3) is 0 Å². The van der Waals surface area contributed by atoms with E-state index in [4.69, 9.17) is 18.9 Å². The van der Waals surface area contributed by atoms with Crippen molar-refractivity contribution in [2.75, 3.05) is 7.11 Å². The largest absolute Gasteiger partial charge is 0.371 e. The fraction of sp³-hybridized carbons (Fsp3) is 0.364. The van der Waals surface area contributed by atoms with E-state index in [1.54, 1.807) is 13.2 Å². The van der Waals surface area contributed by atoms with Crippen molar-refractivity contribution >= 4 is 0 Å². The zero-order valence-electron chi connectivity index (χ0n) is 15.1. The fourth-order valence-corrected chi connectivity index (χ4v) is 3.08. The molecular formula is C22H26O4. The maximum atomic E-state index is 6.20. The van der Waals surface area contributed by atoms with Crippen LogP contribution in [0, 0.1) is 0 Å². The average molecular weight is 354 g/mol. The molecule has 1 fully saturated rings. The van der Waals surface area contributed by atoms with Gasteiger partial charge in [-0.25, -0.2) is 0 Å². The van der Waals surface area contributed by atoms with E-state index in [1.165, 1.54) is 0 Å². The van der Waals surface area contributed by atoms with Crippen LogP contribution in [0.1, 0.15) is 17.5 Å². The minimum Gasteiger partial charge on any atom is -0.371 e. The number of rotatable bonds is 8. The molecular weight excluding hydrogens is 328 g/mol. The normalized spacial score (nSPS) is 25.7. The molecule has 138 valence electrons. The molecule has 2 aromatic rings. The molecule has 0 aromatic heterocycles. The van der Waals surface area contributed by atoms with Crippen LogP contribution in [0.4, 0.5) is 0 Å². The first-order valence-electron chi connectivity index (χ1n) is 8.92. The lowest BCUT2D eigenvalue weighted by Crippen LogP contribution is -2.51. The van der Waals surface area contributed by atoms with Gasteiger partial charge in [0.1, 0.15) is 6.10 Å². The van der Waals surface area contributed by atoms with Crippen LogP contribution in [-0.2, 0) is 32.2 Å². The summed E-state index contributed by atoms with van der Waals surface area (Å²) in [4.78, 5) is 0. The lowest BCUT2D eigenvalue weighted by Gasteiger charge is -2.40. The molecule has 0 radical (unpaired) electrons. The highest BCUT2D eigenvalue weighted by atomic mass is 16.7. The molecule has 1 heterocycles. The molecule has 26 heavy (non-hydrogen) atoms. The number of hydrogen-bond donors (Lipinski definition) is 0. The summed E-state index contributed by atoms with van der Waals surface area (Å²) in [6.45, 7) is 4.86. The molecule has 0 unspecified atom stereocenters. The molecule has 0 saturated carbocycles. The van der Waals surface area contributed by atoms with E-state index in [9.17, 15) is 0 Å². The van der Waals surface area contributed by atoms with Gasteiger partial charge in [0.25, 0.3) is 0 Å². The van der Waals surface area contributed by atoms with Gasteiger partial charge in [-0.15, -0.1) is 6.58 Å². The molecule has 1 saturated heterocycles. The van der Waals surface area contributed by atoms with Crippen LogP contribution in [-0.4, -0.2) is 31.7 Å². The number of benzene rings is 2. The standard InChI is InChI=1S/C22H26O4/c1-3-19-14-20(24-15-17-10-6-4-7-11-17)21(22(23-2)26-19)25-16-18-12-8-5-9-13-18/h3-13,19-22H,1,14-16H2,2H3/t19-,20+,21-,22+/m1/s1. The molecule has 1 aliphatic rings. The van der Waals surface area contributed by atoms with Crippen LogP contribution < -0.4 is 0 Å². The van der Waals surface area contributed by atoms with Crippen LogP contribution in [0.2, 0.25) is 0 Å². The Kier molecular flexibility index (Phi) is 6.97. The molecule has 3 rings (SSSR count). The Morgan fingerprint density at radius 1 is 0.962 bits per heavy atom. The Morgan fingerprint density at radius 3 is 2.08 bits per heavy atom. The van der Waals surface area contributed by atoms with E-state index in [1.807, 2.05) is 48.5 Å². The van der Waals surface area contributed by atoms with E-state index >= 15 is 0 Å². The van der Waals surface area contributed by atoms with Crippen molar-refractivity contribution in [3.05, 3.63) is 84.4 Å². The second-order valence-corrected chi connectivity index (χ2v) is 6.35. The van der Waals surface area contributed by atoms with E-state index in [0.29, 0.717) is 19.6 Å². The number of methoxy groups -OCH3 is 1. The molecule has 1 aliphatic heterocycles. The van der Waals surface area contributed by atoms with Crippen molar-refractivity contribution in [3.8, 4) is 0 Å². The molecule has 4 atom stereocenters. The highest BCUT2D eigenvalue weighted by Crippen LogP contribution is 2.28. The molecule has 4 nitrogen and oxygen atoms in total. The van der Waals surface area contributed by atoms with Crippen molar-refractivity contribution in [1.82, 2.24) is 0 Å². The summed E-state index contributed by atoms with van der Waals surface area (Å²) < 4.78 is 23.8. The van der Waals surface area contributed by atoms with Crippen molar-refractivity contribution < 1.29 is 18.9 Å². The molecule has 0 amide bonds. The molecule has 4 heteroatoms. The Hall–Kier alpha value is -1.98. The molecule has 0 N–H and O–H groups in total. The van der Waals surface area contributed by atoms with Gasteiger partial charge >= 0.3 is 0 Å². The zero-order valence-corrected chi connectivity index (χ0v) is 15.1. The maximum absolute atomic E-state index is 6.20.